The maximum atomic E-state index is 9.10. The van der Waals surface area contributed by atoms with Crippen molar-refractivity contribution in [2.45, 2.75) is 24.4 Å². The van der Waals surface area contributed by atoms with Crippen molar-refractivity contribution >= 4 is 11.8 Å². The van der Waals surface area contributed by atoms with Crippen LogP contribution >= 0.6 is 11.8 Å². The van der Waals surface area contributed by atoms with E-state index in [1.54, 1.807) is 0 Å². The predicted octanol–water partition coefficient (Wildman–Crippen LogP) is -1.66. The first-order chi connectivity index (χ1) is 5.13. The summed E-state index contributed by atoms with van der Waals surface area (Å²) >= 11 is 1.19. The SMILES string of the molecule is O[C@H]1[C@H](O)[C@@H](O)[CH+]SC[C@H]1O. The minimum atomic E-state index is -1.28. The Morgan fingerprint density at radius 3 is 2.36 bits per heavy atom. The Morgan fingerprint density at radius 2 is 1.73 bits per heavy atom. The molecule has 0 amide bonds. The van der Waals surface area contributed by atoms with Crippen LogP contribution < -0.4 is 0 Å². The molecule has 4 atom stereocenters. The molecule has 0 aliphatic carbocycles. The van der Waals surface area contributed by atoms with E-state index in [-0.39, 0.29) is 0 Å². The Morgan fingerprint density at radius 1 is 1.09 bits per heavy atom. The van der Waals surface area contributed by atoms with Gasteiger partial charge in [-0.25, -0.2) is 0 Å². The minimum absolute atomic E-state index is 0.301. The number of hydrogen-bond acceptors (Lipinski definition) is 5. The first-order valence-electron chi connectivity index (χ1n) is 3.30. The van der Waals surface area contributed by atoms with Crippen LogP contribution in [0.25, 0.3) is 0 Å². The molecule has 0 saturated carbocycles. The second kappa shape index (κ2) is 3.64. The molecule has 1 fully saturated rings. The maximum Gasteiger partial charge on any atom is 0.236 e. The maximum absolute atomic E-state index is 9.10. The average molecular weight is 179 g/mol. The standard InChI is InChI=1S/C6H11O4S/c7-3-1-11-2-4(8)6(10)5(3)9/h1,3-10H,2H2/q+1/t3-,4+,5+,6+/m0/s1. The van der Waals surface area contributed by atoms with Crippen LogP contribution in [0.5, 0.6) is 0 Å². The molecule has 64 valence electrons. The van der Waals surface area contributed by atoms with E-state index in [0.717, 1.165) is 0 Å². The van der Waals surface area contributed by atoms with E-state index in [1.807, 2.05) is 0 Å². The zero-order valence-electron chi connectivity index (χ0n) is 5.79. The van der Waals surface area contributed by atoms with Crippen LogP contribution in [0.2, 0.25) is 0 Å². The second-order valence-electron chi connectivity index (χ2n) is 2.51. The highest BCUT2D eigenvalue weighted by atomic mass is 32.2. The lowest BCUT2D eigenvalue weighted by Gasteiger charge is -2.17. The van der Waals surface area contributed by atoms with Gasteiger partial charge in [-0.15, -0.1) is 0 Å². The summed E-state index contributed by atoms with van der Waals surface area (Å²) in [7, 11) is 0. The summed E-state index contributed by atoms with van der Waals surface area (Å²) in [6.07, 6.45) is -4.56. The Kier molecular flexibility index (Phi) is 3.03. The van der Waals surface area contributed by atoms with Crippen molar-refractivity contribution in [3.8, 4) is 0 Å². The van der Waals surface area contributed by atoms with Gasteiger partial charge in [0.2, 0.25) is 6.10 Å². The van der Waals surface area contributed by atoms with E-state index in [4.69, 9.17) is 20.4 Å². The molecule has 0 aromatic rings. The van der Waals surface area contributed by atoms with Crippen LogP contribution in [-0.4, -0.2) is 50.6 Å². The molecule has 4 nitrogen and oxygen atoms in total. The summed E-state index contributed by atoms with van der Waals surface area (Å²) in [6, 6.07) is 0. The van der Waals surface area contributed by atoms with Crippen LogP contribution in [0, 0.1) is 5.75 Å². The summed E-state index contributed by atoms with van der Waals surface area (Å²) < 4.78 is 0. The third-order valence-electron chi connectivity index (χ3n) is 1.60. The molecule has 0 bridgehead atoms. The third-order valence-corrected chi connectivity index (χ3v) is 2.60. The summed E-state index contributed by atoms with van der Waals surface area (Å²) in [5, 5.41) is 36.3. The molecule has 1 aliphatic heterocycles. The highest BCUT2D eigenvalue weighted by Crippen LogP contribution is 2.21. The lowest BCUT2D eigenvalue weighted by Crippen LogP contribution is -2.43. The average Bonchev–Trinajstić information content (AvgIpc) is 2.07. The molecule has 0 radical (unpaired) electrons. The van der Waals surface area contributed by atoms with E-state index in [9.17, 15) is 0 Å². The second-order valence-corrected chi connectivity index (χ2v) is 3.45. The fourth-order valence-corrected chi connectivity index (χ4v) is 1.73. The van der Waals surface area contributed by atoms with Crippen molar-refractivity contribution in [1.29, 1.82) is 0 Å². The zero-order valence-corrected chi connectivity index (χ0v) is 6.61. The van der Waals surface area contributed by atoms with Gasteiger partial charge in [0.1, 0.15) is 6.10 Å². The van der Waals surface area contributed by atoms with E-state index in [1.165, 1.54) is 17.5 Å². The van der Waals surface area contributed by atoms with E-state index in [2.05, 4.69) is 0 Å². The van der Waals surface area contributed by atoms with Crippen LogP contribution in [0.4, 0.5) is 0 Å². The van der Waals surface area contributed by atoms with Crippen LogP contribution in [0.15, 0.2) is 0 Å². The Balaban J connectivity index is 2.58. The van der Waals surface area contributed by atoms with Crippen LogP contribution in [0.3, 0.4) is 0 Å². The van der Waals surface area contributed by atoms with Gasteiger partial charge in [0.15, 0.2) is 11.9 Å². The van der Waals surface area contributed by atoms with Gasteiger partial charge < -0.3 is 20.4 Å². The molecular weight excluding hydrogens is 168 g/mol. The van der Waals surface area contributed by atoms with Gasteiger partial charge in [-0.3, -0.25) is 0 Å². The molecule has 5 heteroatoms. The van der Waals surface area contributed by atoms with Crippen molar-refractivity contribution in [3.05, 3.63) is 5.75 Å². The molecule has 11 heavy (non-hydrogen) atoms. The van der Waals surface area contributed by atoms with Gasteiger partial charge in [-0.05, 0) is 0 Å². The molecule has 1 aliphatic rings. The molecule has 4 N–H and O–H groups in total. The minimum Gasteiger partial charge on any atom is -0.389 e. The van der Waals surface area contributed by atoms with Crippen molar-refractivity contribution in [2.24, 2.45) is 0 Å². The molecule has 1 saturated heterocycles. The summed E-state index contributed by atoms with van der Waals surface area (Å²) in [5.74, 6) is 1.71. The molecule has 1 heterocycles. The number of aliphatic hydroxyl groups excluding tert-OH is 4. The van der Waals surface area contributed by atoms with Crippen LogP contribution in [0.1, 0.15) is 0 Å². The van der Waals surface area contributed by atoms with E-state index >= 15 is 0 Å². The lowest BCUT2D eigenvalue weighted by atomic mass is 10.1. The number of hydrogen-bond donors (Lipinski definition) is 4. The van der Waals surface area contributed by atoms with E-state index < -0.39 is 24.4 Å². The molecule has 0 spiro atoms. The molecular formula is C6H11O4S+. The van der Waals surface area contributed by atoms with Gasteiger partial charge in [-0.1, -0.05) is 0 Å². The normalized spacial score (nSPS) is 46.2. The number of rotatable bonds is 0. The van der Waals surface area contributed by atoms with Gasteiger partial charge in [0, 0.05) is 0 Å². The first kappa shape index (κ1) is 9.15. The first-order valence-corrected chi connectivity index (χ1v) is 4.35. The Hall–Kier alpha value is 0.0600. The van der Waals surface area contributed by atoms with Gasteiger partial charge in [0.05, 0.1) is 23.6 Å². The zero-order chi connectivity index (χ0) is 8.43. The van der Waals surface area contributed by atoms with Gasteiger partial charge >= 0.3 is 0 Å². The smallest absolute Gasteiger partial charge is 0.236 e. The van der Waals surface area contributed by atoms with Crippen molar-refractivity contribution in [3.63, 3.8) is 0 Å². The topological polar surface area (TPSA) is 80.9 Å². The molecule has 0 aromatic heterocycles. The highest BCUT2D eigenvalue weighted by molar-refractivity contribution is 8.01. The van der Waals surface area contributed by atoms with Gasteiger partial charge in [-0.2, -0.15) is 0 Å². The Labute approximate surface area is 68.9 Å². The third kappa shape index (κ3) is 2.00. The lowest BCUT2D eigenvalue weighted by molar-refractivity contribution is -0.0856. The predicted molar refractivity (Wildman–Crippen MR) is 40.8 cm³/mol. The monoisotopic (exact) mass is 179 g/mol. The summed E-state index contributed by atoms with van der Waals surface area (Å²) in [4.78, 5) is 0. The van der Waals surface area contributed by atoms with Crippen molar-refractivity contribution < 1.29 is 20.4 Å². The fourth-order valence-electron chi connectivity index (χ4n) is 0.861. The number of thioether (sulfide) groups is 1. The summed E-state index contributed by atoms with van der Waals surface area (Å²) in [6.45, 7) is 0. The molecule has 0 aromatic carbocycles. The van der Waals surface area contributed by atoms with Crippen LogP contribution in [-0.2, 0) is 0 Å². The largest absolute Gasteiger partial charge is 0.389 e. The molecule has 1 rings (SSSR count). The fraction of sp³-hybridized carbons (Fsp3) is 0.833. The Bertz CT molecular complexity index is 118. The summed E-state index contributed by atoms with van der Waals surface area (Å²) in [5.41, 5.74) is 0. The van der Waals surface area contributed by atoms with Gasteiger partial charge in [0.25, 0.3) is 0 Å². The van der Waals surface area contributed by atoms with Crippen molar-refractivity contribution in [1.82, 2.24) is 0 Å². The quantitative estimate of drug-likeness (QED) is 0.335. The number of aliphatic hydroxyl groups is 4. The molecule has 0 unspecified atom stereocenters. The van der Waals surface area contributed by atoms with Crippen molar-refractivity contribution in [2.75, 3.05) is 5.75 Å². The highest BCUT2D eigenvalue weighted by Gasteiger charge is 2.39. The van der Waals surface area contributed by atoms with E-state index in [0.29, 0.717) is 5.75 Å².